The molecule has 1 aromatic heterocycles. The molecule has 1 aliphatic rings. The highest BCUT2D eigenvalue weighted by Crippen LogP contribution is 2.39. The zero-order valence-corrected chi connectivity index (χ0v) is 19.6. The number of allylic oxidation sites excluding steroid dienone is 1. The molecule has 168 valence electrons. The molecule has 0 radical (unpaired) electrons. The summed E-state index contributed by atoms with van der Waals surface area (Å²) in [6, 6.07) is 16.3. The quantitative estimate of drug-likeness (QED) is 0.408. The zero-order chi connectivity index (χ0) is 22.7. The molecule has 6 heteroatoms. The minimum Gasteiger partial charge on any atom is -0.444 e. The van der Waals surface area contributed by atoms with Crippen LogP contribution in [0.1, 0.15) is 56.4 Å². The normalized spacial score (nSPS) is 15.8. The molecule has 3 N–H and O–H groups in total. The van der Waals surface area contributed by atoms with E-state index in [0.29, 0.717) is 6.54 Å². The average molecular weight is 452 g/mol. The van der Waals surface area contributed by atoms with Crippen LogP contribution in [0.5, 0.6) is 0 Å². The molecule has 0 saturated carbocycles. The summed E-state index contributed by atoms with van der Waals surface area (Å²) in [5.74, 6) is 0.245. The van der Waals surface area contributed by atoms with Gasteiger partial charge < -0.3 is 20.4 Å². The molecule has 0 bridgehead atoms. The minimum absolute atomic E-state index is 0.245. The van der Waals surface area contributed by atoms with Crippen LogP contribution in [0, 0.1) is 0 Å². The first kappa shape index (κ1) is 22.3. The lowest BCUT2D eigenvalue weighted by atomic mass is 9.87. The van der Waals surface area contributed by atoms with Crippen molar-refractivity contribution in [3.63, 3.8) is 0 Å². The van der Waals surface area contributed by atoms with E-state index in [4.69, 9.17) is 16.3 Å². The predicted octanol–water partition coefficient (Wildman–Crippen LogP) is 6.35. The summed E-state index contributed by atoms with van der Waals surface area (Å²) in [4.78, 5) is 15.7. The highest BCUT2D eigenvalue weighted by molar-refractivity contribution is 6.31. The van der Waals surface area contributed by atoms with Gasteiger partial charge in [-0.3, -0.25) is 0 Å². The Morgan fingerprint density at radius 3 is 2.72 bits per heavy atom. The first-order valence-corrected chi connectivity index (χ1v) is 11.4. The van der Waals surface area contributed by atoms with E-state index in [1.165, 1.54) is 22.5 Å². The Bertz CT molecular complexity index is 1130. The Kier molecular flexibility index (Phi) is 6.47. The number of carbonyl (C=O) groups excluding carboxylic acids is 1. The first-order valence-electron chi connectivity index (χ1n) is 11.0. The predicted molar refractivity (Wildman–Crippen MR) is 131 cm³/mol. The van der Waals surface area contributed by atoms with Gasteiger partial charge >= 0.3 is 6.09 Å². The number of fused-ring (bicyclic) bond motifs is 3. The standard InChI is InChI=1S/C26H30ClN3O2/c1-26(2,3)32-25(31)28-12-11-18-13-20(29-16-17-7-5-4-6-8-17)15-22-21-14-19(27)9-10-23(21)30-24(18)22/h4-10,14-15,18,29-30H,11-13,16H2,1-3H3,(H,28,31). The van der Waals surface area contributed by atoms with E-state index < -0.39 is 5.60 Å². The maximum Gasteiger partial charge on any atom is 0.407 e. The molecule has 0 spiro atoms. The van der Waals surface area contributed by atoms with Crippen LogP contribution in [0.3, 0.4) is 0 Å². The summed E-state index contributed by atoms with van der Waals surface area (Å²) < 4.78 is 5.37. The molecular weight excluding hydrogens is 422 g/mol. The Labute approximate surface area is 194 Å². The van der Waals surface area contributed by atoms with E-state index in [9.17, 15) is 4.79 Å². The molecule has 32 heavy (non-hydrogen) atoms. The lowest BCUT2D eigenvalue weighted by Gasteiger charge is -2.25. The van der Waals surface area contributed by atoms with Crippen LogP contribution in [0.25, 0.3) is 17.0 Å². The van der Waals surface area contributed by atoms with Gasteiger partial charge in [0, 0.05) is 51.9 Å². The molecule has 4 rings (SSSR count). The molecule has 1 amide bonds. The Morgan fingerprint density at radius 2 is 1.97 bits per heavy atom. The first-order chi connectivity index (χ1) is 15.3. The number of carbonyl (C=O) groups is 1. The van der Waals surface area contributed by atoms with E-state index in [2.05, 4.69) is 46.0 Å². The molecule has 1 aliphatic carbocycles. The van der Waals surface area contributed by atoms with E-state index in [0.717, 1.165) is 35.3 Å². The van der Waals surface area contributed by atoms with Crippen molar-refractivity contribution in [2.24, 2.45) is 0 Å². The van der Waals surface area contributed by atoms with Crippen molar-refractivity contribution in [3.8, 4) is 0 Å². The molecule has 2 aromatic carbocycles. The van der Waals surface area contributed by atoms with Gasteiger partial charge in [-0.15, -0.1) is 0 Å². The summed E-state index contributed by atoms with van der Waals surface area (Å²) in [5.41, 5.74) is 5.36. The van der Waals surface area contributed by atoms with E-state index >= 15 is 0 Å². The number of hydrogen-bond acceptors (Lipinski definition) is 3. The molecule has 0 aliphatic heterocycles. The lowest BCUT2D eigenvalue weighted by molar-refractivity contribution is 0.0526. The van der Waals surface area contributed by atoms with Crippen molar-refractivity contribution >= 4 is 34.7 Å². The molecular formula is C26H30ClN3O2. The third-order valence-electron chi connectivity index (χ3n) is 5.55. The van der Waals surface area contributed by atoms with Crippen LogP contribution in [0.15, 0.2) is 54.2 Å². The number of aromatic nitrogens is 1. The number of rotatable bonds is 6. The molecule has 1 atom stereocenters. The molecule has 3 aromatic rings. The summed E-state index contributed by atoms with van der Waals surface area (Å²) in [6.07, 6.45) is 3.52. The third kappa shape index (κ3) is 5.46. The van der Waals surface area contributed by atoms with Gasteiger partial charge in [-0.05, 0) is 63.5 Å². The number of hydrogen-bond donors (Lipinski definition) is 3. The topological polar surface area (TPSA) is 66.2 Å². The highest BCUT2D eigenvalue weighted by atomic mass is 35.5. The number of aromatic amines is 1. The monoisotopic (exact) mass is 451 g/mol. The van der Waals surface area contributed by atoms with Crippen molar-refractivity contribution in [2.75, 3.05) is 6.54 Å². The number of alkyl carbamates (subject to hydrolysis) is 1. The largest absolute Gasteiger partial charge is 0.444 e. The number of amides is 1. The fourth-order valence-electron chi connectivity index (χ4n) is 4.13. The van der Waals surface area contributed by atoms with Gasteiger partial charge in [-0.2, -0.15) is 0 Å². The Hall–Kier alpha value is -2.92. The van der Waals surface area contributed by atoms with Crippen molar-refractivity contribution in [3.05, 3.63) is 76.1 Å². The van der Waals surface area contributed by atoms with Crippen LogP contribution in [0.2, 0.25) is 5.02 Å². The van der Waals surface area contributed by atoms with Crippen LogP contribution in [-0.4, -0.2) is 23.2 Å². The van der Waals surface area contributed by atoms with Crippen LogP contribution < -0.4 is 10.6 Å². The second-order valence-electron chi connectivity index (χ2n) is 9.27. The summed E-state index contributed by atoms with van der Waals surface area (Å²) in [7, 11) is 0. The van der Waals surface area contributed by atoms with Crippen LogP contribution in [-0.2, 0) is 11.3 Å². The van der Waals surface area contributed by atoms with Crippen molar-refractivity contribution in [1.29, 1.82) is 0 Å². The van der Waals surface area contributed by atoms with Gasteiger partial charge in [0.25, 0.3) is 0 Å². The van der Waals surface area contributed by atoms with Gasteiger partial charge in [-0.25, -0.2) is 4.79 Å². The summed E-state index contributed by atoms with van der Waals surface area (Å²) in [6.45, 7) is 6.91. The molecule has 1 unspecified atom stereocenters. The van der Waals surface area contributed by atoms with Crippen molar-refractivity contribution in [1.82, 2.24) is 15.6 Å². The average Bonchev–Trinajstić information content (AvgIpc) is 3.10. The number of nitrogens with one attached hydrogen (secondary N) is 3. The fraction of sp³-hybridized carbons (Fsp3) is 0.346. The minimum atomic E-state index is -0.504. The van der Waals surface area contributed by atoms with Gasteiger partial charge in [-0.1, -0.05) is 41.9 Å². The Morgan fingerprint density at radius 1 is 1.19 bits per heavy atom. The van der Waals surface area contributed by atoms with Gasteiger partial charge in [0.15, 0.2) is 0 Å². The number of benzene rings is 2. The number of halogens is 1. The second kappa shape index (κ2) is 9.29. The summed E-state index contributed by atoms with van der Waals surface area (Å²) >= 11 is 6.29. The maximum atomic E-state index is 12.1. The number of ether oxygens (including phenoxy) is 1. The molecule has 0 saturated heterocycles. The SMILES string of the molecule is CC(C)(C)OC(=O)NCCC1CC(NCc2ccccc2)=Cc2c1[nH]c1ccc(Cl)cc21. The molecule has 0 fully saturated rings. The van der Waals surface area contributed by atoms with Gasteiger partial charge in [0.05, 0.1) is 0 Å². The van der Waals surface area contributed by atoms with Crippen molar-refractivity contribution in [2.45, 2.75) is 51.7 Å². The van der Waals surface area contributed by atoms with Gasteiger partial charge in [0.1, 0.15) is 5.60 Å². The third-order valence-corrected chi connectivity index (χ3v) is 5.78. The second-order valence-corrected chi connectivity index (χ2v) is 9.71. The van der Waals surface area contributed by atoms with Crippen LogP contribution >= 0.6 is 11.6 Å². The van der Waals surface area contributed by atoms with Crippen LogP contribution in [0.4, 0.5) is 4.79 Å². The zero-order valence-electron chi connectivity index (χ0n) is 18.8. The fourth-order valence-corrected chi connectivity index (χ4v) is 4.30. The van der Waals surface area contributed by atoms with E-state index in [1.807, 2.05) is 45.0 Å². The van der Waals surface area contributed by atoms with Crippen molar-refractivity contribution < 1.29 is 9.53 Å². The van der Waals surface area contributed by atoms with Gasteiger partial charge in [0.2, 0.25) is 0 Å². The van der Waals surface area contributed by atoms with E-state index in [1.54, 1.807) is 0 Å². The summed E-state index contributed by atoms with van der Waals surface area (Å²) in [5, 5.41) is 8.35. The molecule has 1 heterocycles. The highest BCUT2D eigenvalue weighted by Gasteiger charge is 2.25. The van der Waals surface area contributed by atoms with E-state index in [-0.39, 0.29) is 12.0 Å². The molecule has 5 nitrogen and oxygen atoms in total. The lowest BCUT2D eigenvalue weighted by Crippen LogP contribution is -2.33. The Balaban J connectivity index is 1.53. The number of H-pyrrole nitrogens is 1. The smallest absolute Gasteiger partial charge is 0.407 e. The maximum absolute atomic E-state index is 12.1.